The number of aliphatic carboxylic acids is 1. The molecule has 0 spiro atoms. The van der Waals surface area contributed by atoms with Crippen molar-refractivity contribution in [2.75, 3.05) is 13.1 Å². The Morgan fingerprint density at radius 3 is 2.62 bits per heavy atom. The summed E-state index contributed by atoms with van der Waals surface area (Å²) in [5.41, 5.74) is 0.123. The molecule has 0 aliphatic carbocycles. The maximum atomic E-state index is 12.6. The van der Waals surface area contributed by atoms with Crippen LogP contribution in [0.2, 0.25) is 0 Å². The van der Waals surface area contributed by atoms with Crippen LogP contribution in [0, 0.1) is 0 Å². The molecule has 0 aliphatic rings. The molecular formula is C16H22N2O5S. The summed E-state index contributed by atoms with van der Waals surface area (Å²) in [6.45, 7) is 6.65. The van der Waals surface area contributed by atoms with Gasteiger partial charge in [-0.1, -0.05) is 19.1 Å². The summed E-state index contributed by atoms with van der Waals surface area (Å²) in [6, 6.07) is 5.24. The minimum Gasteiger partial charge on any atom is -0.480 e. The number of carbonyl (C=O) groups is 2. The monoisotopic (exact) mass is 354 g/mol. The molecule has 0 aromatic heterocycles. The average Bonchev–Trinajstić information content (AvgIpc) is 2.56. The third-order valence-corrected chi connectivity index (χ3v) is 4.92. The molecule has 2 N–H and O–H groups in total. The molecule has 0 saturated carbocycles. The molecule has 7 nitrogen and oxygen atoms in total. The number of nitrogens with zero attached hydrogens (tertiary/aromatic N) is 1. The van der Waals surface area contributed by atoms with Crippen molar-refractivity contribution < 1.29 is 23.1 Å². The first-order valence-corrected chi connectivity index (χ1v) is 8.94. The molecule has 0 aliphatic heterocycles. The number of carboxylic acids is 1. The van der Waals surface area contributed by atoms with Gasteiger partial charge in [-0.05, 0) is 31.5 Å². The summed E-state index contributed by atoms with van der Waals surface area (Å²) in [5, 5.41) is 9.00. The van der Waals surface area contributed by atoms with Crippen molar-refractivity contribution in [1.82, 2.24) is 9.62 Å². The number of benzene rings is 1. The first kappa shape index (κ1) is 19.9. The molecule has 1 aromatic rings. The lowest BCUT2D eigenvalue weighted by atomic mass is 10.1. The van der Waals surface area contributed by atoms with E-state index in [2.05, 4.69) is 11.3 Å². The van der Waals surface area contributed by atoms with E-state index >= 15 is 0 Å². The zero-order valence-corrected chi connectivity index (χ0v) is 14.5. The molecule has 24 heavy (non-hydrogen) atoms. The van der Waals surface area contributed by atoms with E-state index in [1.807, 2.05) is 6.92 Å². The van der Waals surface area contributed by atoms with Crippen LogP contribution in [0.4, 0.5) is 0 Å². The van der Waals surface area contributed by atoms with Crippen LogP contribution in [0.25, 0.3) is 0 Å². The van der Waals surface area contributed by atoms with Crippen LogP contribution >= 0.6 is 0 Å². The first-order valence-electron chi connectivity index (χ1n) is 7.46. The second-order valence-electron chi connectivity index (χ2n) is 5.25. The molecule has 0 bridgehead atoms. The zero-order valence-electron chi connectivity index (χ0n) is 13.7. The quantitative estimate of drug-likeness (QED) is 0.654. The van der Waals surface area contributed by atoms with Crippen LogP contribution in [0.15, 0.2) is 41.8 Å². The maximum Gasteiger partial charge on any atom is 0.323 e. The smallest absolute Gasteiger partial charge is 0.323 e. The molecule has 0 saturated heterocycles. The summed E-state index contributed by atoms with van der Waals surface area (Å²) < 4.78 is 26.6. The third kappa shape index (κ3) is 5.17. The van der Waals surface area contributed by atoms with Gasteiger partial charge in [-0.15, -0.1) is 6.58 Å². The fourth-order valence-electron chi connectivity index (χ4n) is 2.01. The maximum absolute atomic E-state index is 12.6. The number of sulfonamides is 1. The molecular weight excluding hydrogens is 332 g/mol. The largest absolute Gasteiger partial charge is 0.480 e. The van der Waals surface area contributed by atoms with Crippen LogP contribution < -0.4 is 4.72 Å². The minimum atomic E-state index is -3.76. The highest BCUT2D eigenvalue weighted by Gasteiger charge is 2.24. The van der Waals surface area contributed by atoms with Crippen LogP contribution in [0.5, 0.6) is 0 Å². The SMILES string of the molecule is C=CCNS(=O)(=O)c1cccc(C(=O)N(CC(=O)O)C(C)CC)c1. The molecule has 1 unspecified atom stereocenters. The molecule has 8 heteroatoms. The second-order valence-corrected chi connectivity index (χ2v) is 7.02. The normalized spacial score (nSPS) is 12.4. The molecule has 1 amide bonds. The van der Waals surface area contributed by atoms with Crippen molar-refractivity contribution in [3.8, 4) is 0 Å². The fourth-order valence-corrected chi connectivity index (χ4v) is 3.05. The number of carboxylic acid groups (broad SMARTS) is 1. The highest BCUT2D eigenvalue weighted by atomic mass is 32.2. The van der Waals surface area contributed by atoms with Crippen molar-refractivity contribution in [3.63, 3.8) is 0 Å². The number of nitrogens with one attached hydrogen (secondary N) is 1. The number of rotatable bonds is 9. The van der Waals surface area contributed by atoms with Gasteiger partial charge in [0.15, 0.2) is 0 Å². The van der Waals surface area contributed by atoms with Gasteiger partial charge in [0.05, 0.1) is 4.90 Å². The number of hydrogen-bond donors (Lipinski definition) is 2. The van der Waals surface area contributed by atoms with Gasteiger partial charge in [0, 0.05) is 18.2 Å². The second kappa shape index (κ2) is 8.60. The Morgan fingerprint density at radius 1 is 1.42 bits per heavy atom. The summed E-state index contributed by atoms with van der Waals surface area (Å²) in [5.74, 6) is -1.65. The Balaban J connectivity index is 3.16. The van der Waals surface area contributed by atoms with Crippen molar-refractivity contribution in [2.24, 2.45) is 0 Å². The molecule has 1 aromatic carbocycles. The zero-order chi connectivity index (χ0) is 18.3. The molecule has 0 heterocycles. The highest BCUT2D eigenvalue weighted by molar-refractivity contribution is 7.89. The van der Waals surface area contributed by atoms with E-state index in [1.54, 1.807) is 6.92 Å². The van der Waals surface area contributed by atoms with Crippen LogP contribution in [-0.2, 0) is 14.8 Å². The minimum absolute atomic E-state index is 0.0605. The molecule has 1 rings (SSSR count). The molecule has 1 atom stereocenters. The van der Waals surface area contributed by atoms with E-state index < -0.39 is 28.4 Å². The lowest BCUT2D eigenvalue weighted by Crippen LogP contribution is -2.41. The lowest BCUT2D eigenvalue weighted by molar-refractivity contribution is -0.138. The van der Waals surface area contributed by atoms with E-state index in [1.165, 1.54) is 35.2 Å². The van der Waals surface area contributed by atoms with E-state index in [9.17, 15) is 18.0 Å². The van der Waals surface area contributed by atoms with Gasteiger partial charge < -0.3 is 10.0 Å². The van der Waals surface area contributed by atoms with Crippen LogP contribution in [0.1, 0.15) is 30.6 Å². The van der Waals surface area contributed by atoms with Gasteiger partial charge >= 0.3 is 5.97 Å². The Kier molecular flexibility index (Phi) is 7.12. The predicted molar refractivity (Wildman–Crippen MR) is 90.3 cm³/mol. The van der Waals surface area contributed by atoms with Crippen molar-refractivity contribution in [1.29, 1.82) is 0 Å². The first-order chi connectivity index (χ1) is 11.2. The van der Waals surface area contributed by atoms with Crippen LogP contribution in [-0.4, -0.2) is 49.4 Å². The van der Waals surface area contributed by atoms with Gasteiger partial charge in [-0.2, -0.15) is 0 Å². The molecule has 0 radical (unpaired) electrons. The highest BCUT2D eigenvalue weighted by Crippen LogP contribution is 2.15. The average molecular weight is 354 g/mol. The van der Waals surface area contributed by atoms with Crippen molar-refractivity contribution >= 4 is 21.9 Å². The molecule has 132 valence electrons. The Labute approximate surface area is 142 Å². The van der Waals surface area contributed by atoms with Crippen molar-refractivity contribution in [3.05, 3.63) is 42.5 Å². The summed E-state index contributed by atoms with van der Waals surface area (Å²) in [7, 11) is -3.76. The summed E-state index contributed by atoms with van der Waals surface area (Å²) in [4.78, 5) is 24.8. The lowest BCUT2D eigenvalue weighted by Gasteiger charge is -2.27. The van der Waals surface area contributed by atoms with E-state index in [0.717, 1.165) is 0 Å². The van der Waals surface area contributed by atoms with Gasteiger partial charge in [0.1, 0.15) is 6.54 Å². The Bertz CT molecular complexity index is 715. The van der Waals surface area contributed by atoms with E-state index in [-0.39, 0.29) is 23.0 Å². The Hall–Kier alpha value is -2.19. The van der Waals surface area contributed by atoms with E-state index in [0.29, 0.717) is 6.42 Å². The van der Waals surface area contributed by atoms with E-state index in [4.69, 9.17) is 5.11 Å². The topological polar surface area (TPSA) is 104 Å². The fraction of sp³-hybridized carbons (Fsp3) is 0.375. The third-order valence-electron chi connectivity index (χ3n) is 3.50. The molecule has 0 fully saturated rings. The summed E-state index contributed by atoms with van der Waals surface area (Å²) >= 11 is 0. The number of amides is 1. The predicted octanol–water partition coefficient (Wildman–Crippen LogP) is 1.48. The number of carbonyl (C=O) groups excluding carboxylic acids is 1. The standard InChI is InChI=1S/C16H22N2O5S/c1-4-9-17-24(22,23)14-8-6-7-13(10-14)16(21)18(11-15(19)20)12(3)5-2/h4,6-8,10,12,17H,1,5,9,11H2,2-3H3,(H,19,20). The van der Waals surface area contributed by atoms with Gasteiger partial charge in [-0.25, -0.2) is 13.1 Å². The van der Waals surface area contributed by atoms with Gasteiger partial charge in [-0.3, -0.25) is 9.59 Å². The van der Waals surface area contributed by atoms with Gasteiger partial charge in [0.2, 0.25) is 10.0 Å². The van der Waals surface area contributed by atoms with Crippen LogP contribution in [0.3, 0.4) is 0 Å². The number of hydrogen-bond acceptors (Lipinski definition) is 4. The summed E-state index contributed by atoms with van der Waals surface area (Å²) in [6.07, 6.45) is 1.99. The van der Waals surface area contributed by atoms with Crippen molar-refractivity contribution in [2.45, 2.75) is 31.2 Å². The van der Waals surface area contributed by atoms with Gasteiger partial charge in [0.25, 0.3) is 5.91 Å². The Morgan fingerprint density at radius 2 is 2.08 bits per heavy atom.